The van der Waals surface area contributed by atoms with Gasteiger partial charge in [-0.1, -0.05) is 0 Å². The smallest absolute Gasteiger partial charge is 0.119 e. The van der Waals surface area contributed by atoms with E-state index in [1.807, 2.05) is 0 Å². The van der Waals surface area contributed by atoms with Crippen LogP contribution in [0.25, 0.3) is 0 Å². The quantitative estimate of drug-likeness (QED) is 0.412. The van der Waals surface area contributed by atoms with E-state index in [4.69, 9.17) is 13.3 Å². The predicted octanol–water partition coefficient (Wildman–Crippen LogP) is -0.791. The van der Waals surface area contributed by atoms with Crippen LogP contribution in [0.1, 0.15) is 0 Å². The number of hydrogen-bond acceptors (Lipinski definition) is 3. The van der Waals surface area contributed by atoms with Gasteiger partial charge in [-0.3, -0.25) is 0 Å². The third-order valence-corrected chi connectivity index (χ3v) is 0. The van der Waals surface area contributed by atoms with Crippen molar-refractivity contribution >= 4 is 20.2 Å². The summed E-state index contributed by atoms with van der Waals surface area (Å²) in [7, 11) is -4.33. The molecule has 0 amide bonds. The summed E-state index contributed by atoms with van der Waals surface area (Å²) in [4.78, 5) is 0. The number of hydrogen-bond donors (Lipinski definition) is 0. The Morgan fingerprint density at radius 1 is 1.80 bits per heavy atom. The molecule has 3 nitrogen and oxygen atoms in total. The van der Waals surface area contributed by atoms with E-state index in [-0.39, 0.29) is 0 Å². The molecule has 0 saturated carbocycles. The molecule has 0 aromatic heterocycles. The molecule has 0 atom stereocenters. The van der Waals surface area contributed by atoms with Crippen molar-refractivity contribution in [3.05, 3.63) is 0 Å². The summed E-state index contributed by atoms with van der Waals surface area (Å²) in [5.41, 5.74) is 0. The second-order valence-electron chi connectivity index (χ2n) is 0.408. The third kappa shape index (κ3) is 268. The molecule has 0 fully saturated rings. The second kappa shape index (κ2) is 1.17. The van der Waals surface area contributed by atoms with Gasteiger partial charge in [-0.2, -0.15) is 0 Å². The van der Waals surface area contributed by atoms with Crippen molar-refractivity contribution < 1.29 is 13.3 Å². The molecule has 31 valence electrons. The molecule has 5 heavy (non-hydrogen) atoms. The van der Waals surface area contributed by atoms with Crippen LogP contribution in [0, 0.1) is 0 Å². The molecule has 0 bridgehead atoms. The van der Waals surface area contributed by atoms with E-state index >= 15 is 0 Å². The average molecular weight is 112 g/mol. The first kappa shape index (κ1) is 5.29. The van der Waals surface area contributed by atoms with Gasteiger partial charge in [0.1, 0.15) is 9.05 Å². The Morgan fingerprint density at radius 2 is 1.80 bits per heavy atom. The van der Waals surface area contributed by atoms with E-state index < -0.39 is 9.05 Å². The minimum Gasteiger partial charge on any atom is -0.746 e. The van der Waals surface area contributed by atoms with Crippen molar-refractivity contribution in [1.29, 1.82) is 0 Å². The van der Waals surface area contributed by atoms with Gasteiger partial charge in [0.15, 0.2) is 0 Å². The minimum atomic E-state index is -4.33. The third-order valence-electron chi connectivity index (χ3n) is 0. The van der Waals surface area contributed by atoms with Crippen molar-refractivity contribution in [2.75, 3.05) is 0 Å². The summed E-state index contributed by atoms with van der Waals surface area (Å²) in [6.07, 6.45) is 0. The first-order chi connectivity index (χ1) is 2.00. The Kier molecular flexibility index (Phi) is 1.24. The Hall–Kier alpha value is 0.290. The molecule has 0 saturated heterocycles. The molecular weight excluding hydrogens is 112 g/mol. The van der Waals surface area contributed by atoms with Crippen LogP contribution in [0.3, 0.4) is 0 Å². The van der Waals surface area contributed by atoms with Gasteiger partial charge in [0.25, 0.3) is 0 Å². The van der Waals surface area contributed by atoms with Crippen LogP contribution in [0.4, 0.5) is 0 Å². The normalized spacial score (nSPS) is 21.2. The summed E-state index contributed by atoms with van der Waals surface area (Å²) in [6.45, 7) is 0. The lowest BCUT2D eigenvalue weighted by molar-refractivity contribution is 0.376. The summed E-state index contributed by atoms with van der Waals surface area (Å²) < 4.78 is 26.7. The molecule has 0 rings (SSSR count). The fraction of sp³-hybridized carbons (Fsp3) is 0. The first-order valence-electron chi connectivity index (χ1n) is 0.667. The number of rotatable bonds is 0. The monoisotopic (exact) mass is 112 g/mol. The molecule has 5 heteroatoms. The Labute approximate surface area is 34.3 Å². The average Bonchev–Trinajstić information content (AvgIpc) is 0.722. The van der Waals surface area contributed by atoms with Gasteiger partial charge in [-0.15, -0.1) is 4.55 Å². The second-order valence-corrected chi connectivity index (χ2v) is 2.45. The van der Waals surface area contributed by atoms with E-state index in [9.17, 15) is 0 Å². The molecule has 0 aliphatic carbocycles. The van der Waals surface area contributed by atoms with Gasteiger partial charge in [0.2, 0.25) is 0 Å². The van der Waals surface area contributed by atoms with E-state index in [1.165, 1.54) is 0 Å². The lowest BCUT2D eigenvalue weighted by Crippen LogP contribution is -1.84. The minimum absolute atomic E-state index is 3.24. The van der Waals surface area contributed by atoms with Crippen LogP contribution >= 0.6 is 0 Å². The van der Waals surface area contributed by atoms with Gasteiger partial charge in [0.05, 0.1) is 0 Å². The summed E-state index contributed by atoms with van der Waals surface area (Å²) in [5, 5.41) is 0. The zero-order valence-electron chi connectivity index (χ0n) is 2.04. The van der Waals surface area contributed by atoms with Crippen LogP contribution in [0.5, 0.6) is 0 Å². The molecule has 0 N–H and O–H groups in total. The highest BCUT2D eigenvalue weighted by molar-refractivity contribution is 8.26. The van der Waals surface area contributed by atoms with Gasteiger partial charge in [-0.25, -0.2) is 4.21 Å². The van der Waals surface area contributed by atoms with E-state index in [1.54, 1.807) is 0 Å². The molecule has 0 aliphatic rings. The fourth-order valence-electron chi connectivity index (χ4n) is 0. The van der Waals surface area contributed by atoms with E-state index in [2.05, 4.69) is 11.2 Å². The zero-order valence-corrected chi connectivity index (χ0v) is 3.67. The van der Waals surface area contributed by atoms with Crippen molar-refractivity contribution in [2.24, 2.45) is 0 Å². The van der Waals surface area contributed by atoms with Gasteiger partial charge >= 0.3 is 0 Å². The van der Waals surface area contributed by atoms with Gasteiger partial charge < -0.3 is 4.55 Å². The van der Waals surface area contributed by atoms with Crippen LogP contribution in [-0.2, 0) is 24.8 Å². The fourth-order valence-corrected chi connectivity index (χ4v) is 0. The molecular formula is O3S2-. The van der Waals surface area contributed by atoms with Crippen LogP contribution in [0.15, 0.2) is 0 Å². The SMILES string of the molecule is [O]S(=O)([O-])=S. The molecule has 0 aromatic carbocycles. The maximum atomic E-state index is 8.89. The van der Waals surface area contributed by atoms with Crippen molar-refractivity contribution in [2.45, 2.75) is 0 Å². The van der Waals surface area contributed by atoms with Crippen molar-refractivity contribution in [3.63, 3.8) is 0 Å². The van der Waals surface area contributed by atoms with E-state index in [0.717, 1.165) is 0 Å². The standard InChI is InChI=1S/HO3S2/c1-5(2,3)4/h(H,1,2,4)/p-1. The topological polar surface area (TPSA) is 60.0 Å². The Balaban J connectivity index is 4.06. The highest BCUT2D eigenvalue weighted by Crippen LogP contribution is 1.64. The maximum absolute atomic E-state index is 8.89. The molecule has 0 aliphatic heterocycles. The molecule has 0 aromatic rings. The zero-order chi connectivity index (χ0) is 4.50. The lowest BCUT2D eigenvalue weighted by Gasteiger charge is -1.89. The molecule has 0 heterocycles. The predicted molar refractivity (Wildman–Crippen MR) is 17.0 cm³/mol. The molecule has 0 spiro atoms. The van der Waals surface area contributed by atoms with Crippen molar-refractivity contribution in [1.82, 2.24) is 0 Å². The van der Waals surface area contributed by atoms with Crippen LogP contribution < -0.4 is 0 Å². The van der Waals surface area contributed by atoms with E-state index in [0.29, 0.717) is 0 Å². The summed E-state index contributed by atoms with van der Waals surface area (Å²) >= 11 is 3.24. The summed E-state index contributed by atoms with van der Waals surface area (Å²) in [6, 6.07) is 0. The maximum Gasteiger partial charge on any atom is 0.119 e. The van der Waals surface area contributed by atoms with Crippen molar-refractivity contribution in [3.8, 4) is 0 Å². The van der Waals surface area contributed by atoms with Gasteiger partial charge in [0, 0.05) is 0 Å². The highest BCUT2D eigenvalue weighted by atomic mass is 32.9. The van der Waals surface area contributed by atoms with Crippen LogP contribution in [0.2, 0.25) is 0 Å². The Bertz CT molecular complexity index is 88.1. The summed E-state index contributed by atoms with van der Waals surface area (Å²) in [5.74, 6) is 0. The molecule has 1 radical (unpaired) electrons. The van der Waals surface area contributed by atoms with Crippen LogP contribution in [-0.4, -0.2) is 8.76 Å². The lowest BCUT2D eigenvalue weighted by atomic mass is 15.8. The van der Waals surface area contributed by atoms with Gasteiger partial charge in [-0.05, 0) is 11.2 Å². The first-order valence-corrected chi connectivity index (χ1v) is 3.00. The molecule has 0 unspecified atom stereocenters. The largest absolute Gasteiger partial charge is 0.746 e. The highest BCUT2D eigenvalue weighted by Gasteiger charge is 1.66. The Morgan fingerprint density at radius 3 is 1.80 bits per heavy atom.